The van der Waals surface area contributed by atoms with Crippen LogP contribution in [0.3, 0.4) is 0 Å². The first-order valence-electron chi connectivity index (χ1n) is 8.74. The van der Waals surface area contributed by atoms with Crippen molar-refractivity contribution in [3.05, 3.63) is 48.5 Å². The summed E-state index contributed by atoms with van der Waals surface area (Å²) in [7, 11) is 0. The molecule has 2 amide bonds. The summed E-state index contributed by atoms with van der Waals surface area (Å²) < 4.78 is -1.22. The van der Waals surface area contributed by atoms with E-state index in [4.69, 9.17) is 0 Å². The number of nitrogens with zero attached hydrogens (tertiary/aromatic N) is 1. The smallest absolute Gasteiger partial charge is 0.250 e. The topological polar surface area (TPSA) is 61.4 Å². The molecule has 2 aromatic carbocycles. The number of fused-ring (bicyclic) bond motifs is 1. The summed E-state index contributed by atoms with van der Waals surface area (Å²) in [5.41, 5.74) is 2.54. The summed E-state index contributed by atoms with van der Waals surface area (Å²) >= 11 is 1.28. The summed E-state index contributed by atoms with van der Waals surface area (Å²) in [6.45, 7) is 7.73. The van der Waals surface area contributed by atoms with Crippen LogP contribution in [0.25, 0.3) is 0 Å². The average molecular weight is 369 g/mol. The molecule has 136 valence electrons. The molecule has 0 fully saturated rings. The maximum absolute atomic E-state index is 12.8. The van der Waals surface area contributed by atoms with Gasteiger partial charge in [-0.3, -0.25) is 9.59 Å². The minimum atomic E-state index is -1.22. The van der Waals surface area contributed by atoms with Crippen LogP contribution in [0, 0.1) is 0 Å². The van der Waals surface area contributed by atoms with Crippen LogP contribution in [-0.4, -0.2) is 29.7 Å². The molecule has 2 N–H and O–H groups in total. The fourth-order valence-corrected chi connectivity index (χ4v) is 4.01. The second-order valence-electron chi connectivity index (χ2n) is 6.26. The monoisotopic (exact) mass is 369 g/mol. The van der Waals surface area contributed by atoms with Gasteiger partial charge in [0, 0.05) is 29.4 Å². The maximum Gasteiger partial charge on any atom is 0.250 e. The SMILES string of the molecule is CCN(CC)c1ccc(NC(=O)C2(C)Sc3ccccc3NC2=O)cc1. The van der Waals surface area contributed by atoms with E-state index in [0.29, 0.717) is 5.69 Å². The van der Waals surface area contributed by atoms with E-state index in [-0.39, 0.29) is 11.8 Å². The fraction of sp³-hybridized carbons (Fsp3) is 0.300. The van der Waals surface area contributed by atoms with Gasteiger partial charge in [0.25, 0.3) is 0 Å². The molecule has 0 radical (unpaired) electrons. The highest BCUT2D eigenvalue weighted by Crippen LogP contribution is 2.42. The lowest BCUT2D eigenvalue weighted by Gasteiger charge is -2.31. The lowest BCUT2D eigenvalue weighted by atomic mass is 10.1. The van der Waals surface area contributed by atoms with Crippen molar-refractivity contribution in [2.45, 2.75) is 30.4 Å². The molecule has 26 heavy (non-hydrogen) atoms. The summed E-state index contributed by atoms with van der Waals surface area (Å²) in [4.78, 5) is 28.5. The molecular weight excluding hydrogens is 346 g/mol. The highest BCUT2D eigenvalue weighted by atomic mass is 32.2. The van der Waals surface area contributed by atoms with Crippen LogP contribution in [-0.2, 0) is 9.59 Å². The van der Waals surface area contributed by atoms with Crippen molar-refractivity contribution in [1.29, 1.82) is 0 Å². The van der Waals surface area contributed by atoms with Gasteiger partial charge in [0.05, 0.1) is 5.69 Å². The summed E-state index contributed by atoms with van der Waals surface area (Å²) in [5, 5.41) is 5.71. The number of carbonyl (C=O) groups excluding carboxylic acids is 2. The molecule has 5 nitrogen and oxygen atoms in total. The Kier molecular flexibility index (Phi) is 5.23. The number of rotatable bonds is 5. The highest BCUT2D eigenvalue weighted by Gasteiger charge is 2.45. The van der Waals surface area contributed by atoms with Crippen molar-refractivity contribution in [1.82, 2.24) is 0 Å². The van der Waals surface area contributed by atoms with Gasteiger partial charge in [-0.15, -0.1) is 0 Å². The van der Waals surface area contributed by atoms with E-state index in [1.807, 2.05) is 48.5 Å². The number of nitrogens with one attached hydrogen (secondary N) is 2. The van der Waals surface area contributed by atoms with Gasteiger partial charge in [-0.2, -0.15) is 0 Å². The van der Waals surface area contributed by atoms with Crippen molar-refractivity contribution in [3.63, 3.8) is 0 Å². The Morgan fingerprint density at radius 3 is 2.42 bits per heavy atom. The number of anilines is 3. The van der Waals surface area contributed by atoms with Crippen molar-refractivity contribution in [2.24, 2.45) is 0 Å². The molecule has 6 heteroatoms. The molecule has 1 atom stereocenters. The lowest BCUT2D eigenvalue weighted by Crippen LogP contribution is -2.49. The van der Waals surface area contributed by atoms with Crippen molar-refractivity contribution in [2.75, 3.05) is 28.6 Å². The number of thioether (sulfide) groups is 1. The number of hydrogen-bond acceptors (Lipinski definition) is 4. The zero-order chi connectivity index (χ0) is 18.7. The molecule has 2 aromatic rings. The molecule has 1 heterocycles. The van der Waals surface area contributed by atoms with Gasteiger partial charge in [0.15, 0.2) is 4.75 Å². The number of hydrogen-bond donors (Lipinski definition) is 2. The fourth-order valence-electron chi connectivity index (χ4n) is 2.91. The van der Waals surface area contributed by atoms with E-state index in [9.17, 15) is 9.59 Å². The van der Waals surface area contributed by atoms with Crippen LogP contribution in [0.4, 0.5) is 17.1 Å². The lowest BCUT2D eigenvalue weighted by molar-refractivity contribution is -0.126. The van der Waals surface area contributed by atoms with E-state index in [1.54, 1.807) is 6.92 Å². The Morgan fingerprint density at radius 1 is 1.12 bits per heavy atom. The second-order valence-corrected chi connectivity index (χ2v) is 7.72. The molecule has 3 rings (SSSR count). The van der Waals surface area contributed by atoms with Crippen LogP contribution in [0.2, 0.25) is 0 Å². The Hall–Kier alpha value is -2.47. The number of amides is 2. The van der Waals surface area contributed by atoms with E-state index in [1.165, 1.54) is 11.8 Å². The summed E-state index contributed by atoms with van der Waals surface area (Å²) in [6.07, 6.45) is 0. The number of benzene rings is 2. The van der Waals surface area contributed by atoms with Crippen LogP contribution < -0.4 is 15.5 Å². The molecular formula is C20H23N3O2S. The molecule has 0 saturated heterocycles. The first kappa shape index (κ1) is 18.3. The molecule has 0 spiro atoms. The third kappa shape index (κ3) is 3.42. The summed E-state index contributed by atoms with van der Waals surface area (Å²) in [6, 6.07) is 15.2. The van der Waals surface area contributed by atoms with E-state index >= 15 is 0 Å². The highest BCUT2D eigenvalue weighted by molar-refractivity contribution is 8.02. The van der Waals surface area contributed by atoms with Gasteiger partial charge in [-0.1, -0.05) is 23.9 Å². The average Bonchev–Trinajstić information content (AvgIpc) is 2.65. The maximum atomic E-state index is 12.8. The first-order valence-corrected chi connectivity index (χ1v) is 9.55. The van der Waals surface area contributed by atoms with Gasteiger partial charge in [-0.25, -0.2) is 0 Å². The van der Waals surface area contributed by atoms with Gasteiger partial charge in [0.2, 0.25) is 11.8 Å². The molecule has 1 aliphatic heterocycles. The van der Waals surface area contributed by atoms with Crippen LogP contribution in [0.1, 0.15) is 20.8 Å². The predicted molar refractivity (Wildman–Crippen MR) is 108 cm³/mol. The molecule has 0 aromatic heterocycles. The Bertz CT molecular complexity index is 818. The van der Waals surface area contributed by atoms with Crippen LogP contribution in [0.15, 0.2) is 53.4 Å². The zero-order valence-electron chi connectivity index (χ0n) is 15.2. The minimum absolute atomic E-state index is 0.307. The van der Waals surface area contributed by atoms with E-state index in [2.05, 4.69) is 29.4 Å². The molecule has 1 aliphatic rings. The molecule has 1 unspecified atom stereocenters. The number of para-hydroxylation sites is 1. The Labute approximate surface area is 158 Å². The first-order chi connectivity index (χ1) is 12.5. The van der Waals surface area contributed by atoms with E-state index in [0.717, 1.165) is 29.4 Å². The second kappa shape index (κ2) is 7.41. The quantitative estimate of drug-likeness (QED) is 0.783. The largest absolute Gasteiger partial charge is 0.372 e. The summed E-state index contributed by atoms with van der Waals surface area (Å²) in [5.74, 6) is -0.636. The van der Waals surface area contributed by atoms with Crippen molar-refractivity contribution >= 4 is 40.6 Å². The molecule has 0 aliphatic carbocycles. The minimum Gasteiger partial charge on any atom is -0.372 e. The standard InChI is InChI=1S/C20H23N3O2S/c1-4-23(5-2)15-12-10-14(11-13-15)21-18(24)20(3)19(25)22-16-8-6-7-9-17(16)26-20/h6-13H,4-5H2,1-3H3,(H,21,24)(H,22,25). The van der Waals surface area contributed by atoms with Crippen LogP contribution in [0.5, 0.6) is 0 Å². The number of carbonyl (C=O) groups is 2. The molecule has 0 saturated carbocycles. The van der Waals surface area contributed by atoms with E-state index < -0.39 is 4.75 Å². The van der Waals surface area contributed by atoms with Crippen molar-refractivity contribution in [3.8, 4) is 0 Å². The zero-order valence-corrected chi connectivity index (χ0v) is 16.0. The predicted octanol–water partition coefficient (Wildman–Crippen LogP) is 3.97. The van der Waals surface area contributed by atoms with Gasteiger partial charge < -0.3 is 15.5 Å². The third-order valence-corrected chi connectivity index (χ3v) is 5.92. The third-order valence-electron chi connectivity index (χ3n) is 4.57. The van der Waals surface area contributed by atoms with Gasteiger partial charge >= 0.3 is 0 Å². The van der Waals surface area contributed by atoms with Gasteiger partial charge in [-0.05, 0) is 57.2 Å². The normalized spacial score (nSPS) is 18.7. The molecule has 0 bridgehead atoms. The van der Waals surface area contributed by atoms with Crippen molar-refractivity contribution < 1.29 is 9.59 Å². The van der Waals surface area contributed by atoms with Gasteiger partial charge in [0.1, 0.15) is 0 Å². The Morgan fingerprint density at radius 2 is 1.77 bits per heavy atom. The Balaban J connectivity index is 1.76. The van der Waals surface area contributed by atoms with Crippen LogP contribution >= 0.6 is 11.8 Å².